The van der Waals surface area contributed by atoms with Crippen LogP contribution in [0.5, 0.6) is 0 Å². The molecule has 0 saturated heterocycles. The van der Waals surface area contributed by atoms with E-state index in [1.165, 1.54) is 93.1 Å². The Bertz CT molecular complexity index is 4460. The predicted octanol–water partition coefficient (Wildman–Crippen LogP) is 17.9. The number of hydrogen-bond donors (Lipinski definition) is 0. The lowest BCUT2D eigenvalue weighted by Crippen LogP contribution is -2.02. The summed E-state index contributed by atoms with van der Waals surface area (Å²) in [5, 5.41) is 12.3. The number of para-hydroxylation sites is 1. The summed E-state index contributed by atoms with van der Waals surface area (Å²) in [6.45, 7) is 0. The van der Waals surface area contributed by atoms with Gasteiger partial charge in [-0.3, -0.25) is 0 Å². The van der Waals surface area contributed by atoms with Crippen LogP contribution >= 0.6 is 34.0 Å². The number of nitrogens with zero attached hydrogens (tertiary/aromatic N) is 4. The largest absolute Gasteiger partial charge is 0.309 e. The zero-order valence-corrected chi connectivity index (χ0v) is 38.6. The van der Waals surface area contributed by atoms with Crippen LogP contribution in [-0.2, 0) is 0 Å². The molecule has 0 atom stereocenters. The highest BCUT2D eigenvalue weighted by atomic mass is 32.1. The molecule has 15 aromatic rings. The van der Waals surface area contributed by atoms with Gasteiger partial charge in [-0.15, -0.1) is 34.0 Å². The molecule has 15 rings (SSSR count). The highest BCUT2D eigenvalue weighted by Crippen LogP contribution is 2.45. The number of hydrogen-bond acceptors (Lipinski definition) is 6. The molecule has 5 aromatic heterocycles. The van der Waals surface area contributed by atoms with Gasteiger partial charge in [0.15, 0.2) is 17.5 Å². The maximum Gasteiger partial charge on any atom is 0.164 e. The summed E-state index contributed by atoms with van der Waals surface area (Å²) in [6.07, 6.45) is 0. The molecule has 0 spiro atoms. The molecule has 0 amide bonds. The molecular weight excluding hydrogens is 885 g/mol. The van der Waals surface area contributed by atoms with E-state index >= 15 is 0 Å². The monoisotopic (exact) mass is 918 g/mol. The summed E-state index contributed by atoms with van der Waals surface area (Å²) in [5.41, 5.74) is 8.52. The summed E-state index contributed by atoms with van der Waals surface area (Å²) in [6, 6.07) is 75.1. The number of benzene rings is 10. The van der Waals surface area contributed by atoms with Gasteiger partial charge in [0.05, 0.1) is 16.7 Å². The van der Waals surface area contributed by atoms with Crippen molar-refractivity contribution >= 4 is 127 Å². The first-order valence-electron chi connectivity index (χ1n) is 22.7. The second-order valence-electron chi connectivity index (χ2n) is 17.5. The Morgan fingerprint density at radius 1 is 0.294 bits per heavy atom. The van der Waals surface area contributed by atoms with E-state index in [1.54, 1.807) is 0 Å². The standard InChI is InChI=1S/C61H34N4S3/c1-2-13-36-34-51-45(30-35(36)12-1)40-14-3-7-19-49(40)65(51)50-27-24-37(31-46(50)43-18-11-23-57-58(43)44-17-6-10-22-54(44)68-57)59-62-60(38-25-28-55-47(32-38)41-15-4-8-20-52(41)66-55)64-61(63-59)39-26-29-56-48(33-39)42-16-5-9-21-53(42)67-56/h1-34H. The van der Waals surface area contributed by atoms with Crippen molar-refractivity contribution in [2.45, 2.75) is 0 Å². The Kier molecular flexibility index (Phi) is 8.24. The van der Waals surface area contributed by atoms with E-state index in [1.807, 2.05) is 34.0 Å². The molecule has 0 radical (unpaired) electrons. The molecule has 0 N–H and O–H groups in total. The number of fused-ring (bicyclic) bond motifs is 13. The first-order valence-corrected chi connectivity index (χ1v) is 25.2. The molecule has 7 heteroatoms. The van der Waals surface area contributed by atoms with Crippen molar-refractivity contribution in [2.24, 2.45) is 0 Å². The lowest BCUT2D eigenvalue weighted by atomic mass is 9.95. The minimum absolute atomic E-state index is 0.624. The summed E-state index contributed by atoms with van der Waals surface area (Å²) >= 11 is 5.48. The summed E-state index contributed by atoms with van der Waals surface area (Å²) in [7, 11) is 0. The molecule has 5 heterocycles. The number of thiophene rings is 3. The summed E-state index contributed by atoms with van der Waals surface area (Å²) in [4.78, 5) is 16.2. The van der Waals surface area contributed by atoms with Crippen molar-refractivity contribution in [3.05, 3.63) is 206 Å². The van der Waals surface area contributed by atoms with Gasteiger partial charge in [0.2, 0.25) is 0 Å². The fraction of sp³-hybridized carbons (Fsp3) is 0. The first kappa shape index (κ1) is 38.1. The van der Waals surface area contributed by atoms with Crippen LogP contribution < -0.4 is 0 Å². The molecule has 10 aromatic carbocycles. The fourth-order valence-corrected chi connectivity index (χ4v) is 13.8. The summed E-state index contributed by atoms with van der Waals surface area (Å²) in [5.74, 6) is 1.91. The van der Waals surface area contributed by atoms with Crippen LogP contribution in [0.1, 0.15) is 0 Å². The van der Waals surface area contributed by atoms with E-state index in [0.29, 0.717) is 17.5 Å². The predicted molar refractivity (Wildman–Crippen MR) is 292 cm³/mol. The molecule has 0 saturated carbocycles. The van der Waals surface area contributed by atoms with E-state index < -0.39 is 0 Å². The minimum Gasteiger partial charge on any atom is -0.309 e. The van der Waals surface area contributed by atoms with Gasteiger partial charge in [-0.25, -0.2) is 15.0 Å². The van der Waals surface area contributed by atoms with Crippen molar-refractivity contribution < 1.29 is 0 Å². The van der Waals surface area contributed by atoms with Crippen LogP contribution in [0.25, 0.3) is 144 Å². The smallest absolute Gasteiger partial charge is 0.164 e. The quantitative estimate of drug-likeness (QED) is 0.173. The molecule has 316 valence electrons. The van der Waals surface area contributed by atoms with Gasteiger partial charge < -0.3 is 4.57 Å². The van der Waals surface area contributed by atoms with Crippen LogP contribution in [0.2, 0.25) is 0 Å². The van der Waals surface area contributed by atoms with Crippen molar-refractivity contribution in [1.29, 1.82) is 0 Å². The number of rotatable bonds is 5. The molecule has 0 aliphatic heterocycles. The maximum atomic E-state index is 5.41. The normalized spacial score (nSPS) is 12.1. The first-order chi connectivity index (χ1) is 33.7. The number of aromatic nitrogens is 4. The second kappa shape index (κ2) is 14.7. The van der Waals surface area contributed by atoms with E-state index in [4.69, 9.17) is 15.0 Å². The topological polar surface area (TPSA) is 43.6 Å². The zero-order chi connectivity index (χ0) is 44.5. The van der Waals surface area contributed by atoms with Crippen LogP contribution in [0, 0.1) is 0 Å². The Morgan fingerprint density at radius 3 is 1.44 bits per heavy atom. The van der Waals surface area contributed by atoms with Gasteiger partial charge in [0, 0.05) is 93.5 Å². The molecular formula is C61H34N4S3. The van der Waals surface area contributed by atoms with Crippen molar-refractivity contribution in [1.82, 2.24) is 19.5 Å². The van der Waals surface area contributed by atoms with Crippen molar-refractivity contribution in [2.75, 3.05) is 0 Å². The molecule has 0 aliphatic rings. The Balaban J connectivity index is 1.01. The van der Waals surface area contributed by atoms with E-state index in [2.05, 4.69) is 211 Å². The average Bonchev–Trinajstić information content (AvgIpc) is 4.16. The van der Waals surface area contributed by atoms with Crippen LogP contribution in [0.4, 0.5) is 0 Å². The molecule has 0 fully saturated rings. The third-order valence-electron chi connectivity index (χ3n) is 13.6. The molecule has 0 aliphatic carbocycles. The second-order valence-corrected chi connectivity index (χ2v) is 20.8. The maximum absolute atomic E-state index is 5.41. The van der Waals surface area contributed by atoms with E-state index in [0.717, 1.165) is 33.5 Å². The lowest BCUT2D eigenvalue weighted by Gasteiger charge is -2.17. The third-order valence-corrected chi connectivity index (χ3v) is 17.1. The SMILES string of the molecule is c1ccc2cc3c(cc2c1)c1ccccc1n3-c1ccc(-c2nc(-c3ccc4sc5ccccc5c4c3)nc(-c3ccc4sc5ccccc5c4c3)n2)cc1-c1cccc2sc3ccccc3c12. The lowest BCUT2D eigenvalue weighted by molar-refractivity contribution is 1.07. The highest BCUT2D eigenvalue weighted by molar-refractivity contribution is 7.26. The van der Waals surface area contributed by atoms with Crippen molar-refractivity contribution in [3.63, 3.8) is 0 Å². The Labute approximate surface area is 401 Å². The van der Waals surface area contributed by atoms with Crippen molar-refractivity contribution in [3.8, 4) is 51.0 Å². The highest BCUT2D eigenvalue weighted by Gasteiger charge is 2.22. The van der Waals surface area contributed by atoms with Crippen LogP contribution in [0.3, 0.4) is 0 Å². The average molecular weight is 919 g/mol. The zero-order valence-electron chi connectivity index (χ0n) is 36.1. The van der Waals surface area contributed by atoms with Crippen LogP contribution in [0.15, 0.2) is 206 Å². The van der Waals surface area contributed by atoms with Gasteiger partial charge >= 0.3 is 0 Å². The molecule has 0 bridgehead atoms. The van der Waals surface area contributed by atoms with Gasteiger partial charge in [-0.05, 0) is 113 Å². The minimum atomic E-state index is 0.624. The van der Waals surface area contributed by atoms with Gasteiger partial charge in [0.1, 0.15) is 0 Å². The molecule has 4 nitrogen and oxygen atoms in total. The fourth-order valence-electron chi connectivity index (χ4n) is 10.5. The van der Waals surface area contributed by atoms with E-state index in [9.17, 15) is 0 Å². The van der Waals surface area contributed by atoms with Gasteiger partial charge in [0.25, 0.3) is 0 Å². The third kappa shape index (κ3) is 5.80. The van der Waals surface area contributed by atoms with E-state index in [-0.39, 0.29) is 0 Å². The summed E-state index contributed by atoms with van der Waals surface area (Å²) < 4.78 is 10.0. The van der Waals surface area contributed by atoms with Gasteiger partial charge in [-0.1, -0.05) is 109 Å². The van der Waals surface area contributed by atoms with Crippen LogP contribution in [-0.4, -0.2) is 19.5 Å². The van der Waals surface area contributed by atoms with Gasteiger partial charge in [-0.2, -0.15) is 0 Å². The Morgan fingerprint density at radius 2 is 0.779 bits per heavy atom. The molecule has 0 unspecified atom stereocenters. The molecule has 68 heavy (non-hydrogen) atoms. The Hall–Kier alpha value is -8.07.